The lowest BCUT2D eigenvalue weighted by Crippen LogP contribution is -2.39. The van der Waals surface area contributed by atoms with E-state index in [9.17, 15) is 0 Å². The van der Waals surface area contributed by atoms with Gasteiger partial charge in [-0.25, -0.2) is 4.68 Å². The third kappa shape index (κ3) is 11.3. The monoisotopic (exact) mass is 483 g/mol. The Balaban J connectivity index is 2.51. The minimum Gasteiger partial charge on any atom is -0.384 e. The summed E-state index contributed by atoms with van der Waals surface area (Å²) in [6.07, 6.45) is 9.99. The third-order valence-corrected chi connectivity index (χ3v) is 6.25. The maximum atomic E-state index is 6.25. The van der Waals surface area contributed by atoms with Crippen molar-refractivity contribution in [2.24, 2.45) is 10.8 Å². The van der Waals surface area contributed by atoms with Crippen molar-refractivity contribution in [3.05, 3.63) is 11.9 Å². The molecule has 0 bridgehead atoms. The normalized spacial score (nSPS) is 13.6. The molecule has 1 heterocycles. The second-order valence-electron chi connectivity index (χ2n) is 8.75. The minimum atomic E-state index is -0.217. The first-order valence-electron chi connectivity index (χ1n) is 12.1. The average molecular weight is 484 g/mol. The van der Waals surface area contributed by atoms with E-state index in [1.165, 1.54) is 0 Å². The fourth-order valence-electron chi connectivity index (χ4n) is 3.54. The zero-order valence-corrected chi connectivity index (χ0v) is 21.8. The van der Waals surface area contributed by atoms with E-state index in [4.69, 9.17) is 34.8 Å². The molecule has 0 saturated carbocycles. The Bertz CT molecular complexity index is 674. The SMILES string of the molecule is C#CCOCC(CC)(COC)COCC(CC)(CC)COCc1cn(CCOCCOC)nn1. The molecule has 0 radical (unpaired) electrons. The van der Waals surface area contributed by atoms with E-state index in [0.29, 0.717) is 72.6 Å². The van der Waals surface area contributed by atoms with E-state index in [1.54, 1.807) is 18.9 Å². The van der Waals surface area contributed by atoms with Crippen LogP contribution in [0.4, 0.5) is 0 Å². The Hall–Kier alpha value is -1.54. The largest absolute Gasteiger partial charge is 0.384 e. The Morgan fingerprint density at radius 1 is 0.824 bits per heavy atom. The lowest BCUT2D eigenvalue weighted by Gasteiger charge is -2.35. The topological polar surface area (TPSA) is 86.1 Å². The van der Waals surface area contributed by atoms with Crippen LogP contribution in [0.3, 0.4) is 0 Å². The number of methoxy groups -OCH3 is 2. The van der Waals surface area contributed by atoms with Gasteiger partial charge in [0.2, 0.25) is 0 Å². The molecular formula is C25H45N3O6. The second-order valence-corrected chi connectivity index (χ2v) is 8.75. The van der Waals surface area contributed by atoms with Crippen LogP contribution in [0.25, 0.3) is 0 Å². The van der Waals surface area contributed by atoms with E-state index < -0.39 is 0 Å². The van der Waals surface area contributed by atoms with Crippen molar-refractivity contribution in [2.75, 3.05) is 73.7 Å². The molecule has 1 aromatic heterocycles. The predicted molar refractivity (Wildman–Crippen MR) is 130 cm³/mol. The molecule has 1 aromatic rings. The summed E-state index contributed by atoms with van der Waals surface area (Å²) in [5.74, 6) is 2.52. The highest BCUT2D eigenvalue weighted by atomic mass is 16.5. The first-order valence-corrected chi connectivity index (χ1v) is 12.1. The highest BCUT2D eigenvalue weighted by Gasteiger charge is 2.32. The van der Waals surface area contributed by atoms with Gasteiger partial charge in [0.15, 0.2) is 0 Å². The van der Waals surface area contributed by atoms with Gasteiger partial charge in [-0.05, 0) is 19.3 Å². The van der Waals surface area contributed by atoms with Crippen LogP contribution in [0.1, 0.15) is 45.7 Å². The number of aromatic nitrogens is 3. The molecular weight excluding hydrogens is 438 g/mol. The van der Waals surface area contributed by atoms with Gasteiger partial charge in [-0.1, -0.05) is 31.9 Å². The van der Waals surface area contributed by atoms with Gasteiger partial charge in [0, 0.05) is 25.0 Å². The van der Waals surface area contributed by atoms with Gasteiger partial charge < -0.3 is 28.4 Å². The van der Waals surface area contributed by atoms with Gasteiger partial charge in [-0.3, -0.25) is 0 Å². The van der Waals surface area contributed by atoms with Gasteiger partial charge in [-0.2, -0.15) is 0 Å². The summed E-state index contributed by atoms with van der Waals surface area (Å²) < 4.78 is 35.6. The van der Waals surface area contributed by atoms with Crippen LogP contribution < -0.4 is 0 Å². The first kappa shape index (κ1) is 30.5. The molecule has 1 rings (SSSR count). The number of rotatable bonds is 22. The third-order valence-electron chi connectivity index (χ3n) is 6.25. The quantitative estimate of drug-likeness (QED) is 0.184. The van der Waals surface area contributed by atoms with E-state index >= 15 is 0 Å². The molecule has 0 fully saturated rings. The fourth-order valence-corrected chi connectivity index (χ4v) is 3.54. The van der Waals surface area contributed by atoms with Crippen LogP contribution in [0, 0.1) is 23.2 Å². The van der Waals surface area contributed by atoms with Crippen molar-refractivity contribution in [1.29, 1.82) is 0 Å². The summed E-state index contributed by atoms with van der Waals surface area (Å²) in [6, 6.07) is 0. The maximum absolute atomic E-state index is 6.25. The van der Waals surface area contributed by atoms with Crippen molar-refractivity contribution < 1.29 is 28.4 Å². The molecule has 0 aliphatic heterocycles. The van der Waals surface area contributed by atoms with Gasteiger partial charge in [0.25, 0.3) is 0 Å². The molecule has 196 valence electrons. The summed E-state index contributed by atoms with van der Waals surface area (Å²) >= 11 is 0. The highest BCUT2D eigenvalue weighted by Crippen LogP contribution is 2.30. The van der Waals surface area contributed by atoms with E-state index in [0.717, 1.165) is 25.0 Å². The van der Waals surface area contributed by atoms with Crippen LogP contribution in [-0.4, -0.2) is 88.7 Å². The maximum Gasteiger partial charge on any atom is 0.108 e. The molecule has 0 N–H and O–H groups in total. The van der Waals surface area contributed by atoms with Crippen LogP contribution >= 0.6 is 0 Å². The molecule has 0 saturated heterocycles. The van der Waals surface area contributed by atoms with Crippen molar-refractivity contribution >= 4 is 0 Å². The number of ether oxygens (including phenoxy) is 6. The molecule has 1 atom stereocenters. The van der Waals surface area contributed by atoms with Gasteiger partial charge >= 0.3 is 0 Å². The molecule has 9 heteroatoms. The Labute approximate surface area is 205 Å². The molecule has 0 aliphatic rings. The van der Waals surface area contributed by atoms with Gasteiger partial charge in [0.05, 0.1) is 72.2 Å². The number of terminal acetylenes is 1. The summed E-state index contributed by atoms with van der Waals surface area (Å²) in [5.41, 5.74) is 0.512. The van der Waals surface area contributed by atoms with Crippen molar-refractivity contribution in [2.45, 2.75) is 53.2 Å². The second kappa shape index (κ2) is 17.8. The number of nitrogens with zero attached hydrogens (tertiary/aromatic N) is 3. The zero-order valence-electron chi connectivity index (χ0n) is 21.8. The van der Waals surface area contributed by atoms with Crippen LogP contribution in [0.5, 0.6) is 0 Å². The molecule has 34 heavy (non-hydrogen) atoms. The first-order chi connectivity index (χ1) is 16.5. The lowest BCUT2D eigenvalue weighted by molar-refractivity contribution is -0.0896. The number of hydrogen-bond donors (Lipinski definition) is 0. The standard InChI is InChI=1S/C25H45N3O6/c1-7-12-32-21-25(10-4,18-30-6)22-34-20-24(8-2,9-3)19-33-17-23-16-28(27-26-23)11-13-31-15-14-29-5/h1,16H,8-15,17-22H2,2-6H3. The Morgan fingerprint density at radius 2 is 1.50 bits per heavy atom. The molecule has 1 unspecified atom stereocenters. The Kier molecular flexibility index (Phi) is 16.0. The molecule has 0 spiro atoms. The minimum absolute atomic E-state index is 0.0720. The van der Waals surface area contributed by atoms with Crippen molar-refractivity contribution in [3.63, 3.8) is 0 Å². The van der Waals surface area contributed by atoms with Crippen LogP contribution in [0.15, 0.2) is 6.20 Å². The number of hydrogen-bond acceptors (Lipinski definition) is 8. The fraction of sp³-hybridized carbons (Fsp3) is 0.840. The van der Waals surface area contributed by atoms with E-state index in [1.807, 2.05) is 6.20 Å². The molecule has 0 amide bonds. The summed E-state index contributed by atoms with van der Waals surface area (Å²) in [7, 11) is 3.36. The average Bonchev–Trinajstić information content (AvgIpc) is 3.30. The zero-order chi connectivity index (χ0) is 25.1. The smallest absolute Gasteiger partial charge is 0.108 e. The Morgan fingerprint density at radius 3 is 2.15 bits per heavy atom. The van der Waals surface area contributed by atoms with Gasteiger partial charge in [-0.15, -0.1) is 11.5 Å². The summed E-state index contributed by atoms with van der Waals surface area (Å²) in [4.78, 5) is 0. The molecule has 9 nitrogen and oxygen atoms in total. The molecule has 0 aliphatic carbocycles. The van der Waals surface area contributed by atoms with Crippen molar-refractivity contribution in [3.8, 4) is 12.3 Å². The highest BCUT2D eigenvalue weighted by molar-refractivity contribution is 4.90. The summed E-state index contributed by atoms with van der Waals surface area (Å²) in [6.45, 7) is 12.3. The predicted octanol–water partition coefficient (Wildman–Crippen LogP) is 2.97. The lowest BCUT2D eigenvalue weighted by atomic mass is 9.83. The van der Waals surface area contributed by atoms with Gasteiger partial charge in [0.1, 0.15) is 12.3 Å². The van der Waals surface area contributed by atoms with Crippen molar-refractivity contribution in [1.82, 2.24) is 15.0 Å². The van der Waals surface area contributed by atoms with E-state index in [2.05, 4.69) is 37.0 Å². The van der Waals surface area contributed by atoms with Crippen LogP contribution in [-0.2, 0) is 41.6 Å². The van der Waals surface area contributed by atoms with E-state index in [-0.39, 0.29) is 10.8 Å². The van der Waals surface area contributed by atoms with Crippen LogP contribution in [0.2, 0.25) is 0 Å². The summed E-state index contributed by atoms with van der Waals surface area (Å²) in [5, 5.41) is 8.34. The molecule has 0 aromatic carbocycles.